The molecule has 1 atom stereocenters. The van der Waals surface area contributed by atoms with E-state index in [0.29, 0.717) is 17.1 Å². The second kappa shape index (κ2) is 6.13. The highest BCUT2D eigenvalue weighted by Crippen LogP contribution is 2.22. The number of amides is 1. The zero-order valence-corrected chi connectivity index (χ0v) is 10.9. The lowest BCUT2D eigenvalue weighted by molar-refractivity contribution is 0.0941. The van der Waals surface area contributed by atoms with Gasteiger partial charge in [0.15, 0.2) is 0 Å². The van der Waals surface area contributed by atoms with Crippen LogP contribution >= 0.6 is 23.4 Å². The van der Waals surface area contributed by atoms with Gasteiger partial charge in [0.05, 0.1) is 10.6 Å². The molecule has 0 radical (unpaired) electrons. The van der Waals surface area contributed by atoms with Crippen LogP contribution < -0.4 is 11.1 Å². The summed E-state index contributed by atoms with van der Waals surface area (Å²) in [5.74, 6) is -0.182. The Labute approximate surface area is 105 Å². The topological polar surface area (TPSA) is 55.1 Å². The lowest BCUT2D eigenvalue weighted by Gasteiger charge is -2.12. The molecule has 0 spiro atoms. The molecule has 1 rings (SSSR count). The van der Waals surface area contributed by atoms with Gasteiger partial charge in [0, 0.05) is 17.5 Å². The minimum atomic E-state index is -0.182. The SMILES string of the molecule is CSc1ccc(Cl)c(C(=O)N[C@H](C)CN)c1. The van der Waals surface area contributed by atoms with E-state index in [2.05, 4.69) is 5.32 Å². The molecular weight excluding hydrogens is 244 g/mol. The van der Waals surface area contributed by atoms with Gasteiger partial charge < -0.3 is 11.1 Å². The van der Waals surface area contributed by atoms with Crippen molar-refractivity contribution in [2.75, 3.05) is 12.8 Å². The van der Waals surface area contributed by atoms with Crippen molar-refractivity contribution in [1.82, 2.24) is 5.32 Å². The Morgan fingerprint density at radius 3 is 2.88 bits per heavy atom. The van der Waals surface area contributed by atoms with Crippen LogP contribution in [0.5, 0.6) is 0 Å². The highest BCUT2D eigenvalue weighted by molar-refractivity contribution is 7.98. The Kier molecular flexibility index (Phi) is 5.12. The van der Waals surface area contributed by atoms with Crippen LogP contribution in [0, 0.1) is 0 Å². The second-order valence-corrected chi connectivity index (χ2v) is 4.74. The van der Waals surface area contributed by atoms with Crippen LogP contribution in [0.1, 0.15) is 17.3 Å². The maximum atomic E-state index is 11.8. The number of carbonyl (C=O) groups is 1. The van der Waals surface area contributed by atoms with Gasteiger partial charge in [0.2, 0.25) is 0 Å². The largest absolute Gasteiger partial charge is 0.348 e. The van der Waals surface area contributed by atoms with Crippen molar-refractivity contribution in [3.05, 3.63) is 28.8 Å². The van der Waals surface area contributed by atoms with Gasteiger partial charge in [-0.05, 0) is 31.4 Å². The number of nitrogens with two attached hydrogens (primary N) is 1. The smallest absolute Gasteiger partial charge is 0.253 e. The van der Waals surface area contributed by atoms with E-state index >= 15 is 0 Å². The van der Waals surface area contributed by atoms with Gasteiger partial charge in [-0.3, -0.25) is 4.79 Å². The Morgan fingerprint density at radius 2 is 2.31 bits per heavy atom. The molecule has 0 aliphatic carbocycles. The van der Waals surface area contributed by atoms with Gasteiger partial charge in [-0.2, -0.15) is 0 Å². The minimum absolute atomic E-state index is 0.0542. The van der Waals surface area contributed by atoms with Gasteiger partial charge >= 0.3 is 0 Å². The third-order valence-electron chi connectivity index (χ3n) is 2.15. The van der Waals surface area contributed by atoms with Crippen molar-refractivity contribution < 1.29 is 4.79 Å². The minimum Gasteiger partial charge on any atom is -0.348 e. The number of halogens is 1. The molecule has 0 aliphatic heterocycles. The standard InChI is InChI=1S/C11H15ClN2OS/c1-7(6-13)14-11(15)9-5-8(16-2)3-4-10(9)12/h3-5,7H,6,13H2,1-2H3,(H,14,15)/t7-/m1/s1. The van der Waals surface area contributed by atoms with Crippen molar-refractivity contribution >= 4 is 29.3 Å². The van der Waals surface area contributed by atoms with E-state index < -0.39 is 0 Å². The monoisotopic (exact) mass is 258 g/mol. The van der Waals surface area contributed by atoms with E-state index in [1.54, 1.807) is 23.9 Å². The van der Waals surface area contributed by atoms with E-state index in [1.165, 1.54) is 0 Å². The summed E-state index contributed by atoms with van der Waals surface area (Å²) in [4.78, 5) is 12.9. The third kappa shape index (κ3) is 3.40. The summed E-state index contributed by atoms with van der Waals surface area (Å²) in [5, 5.41) is 3.24. The number of benzene rings is 1. The third-order valence-corrected chi connectivity index (χ3v) is 3.20. The Balaban J connectivity index is 2.89. The van der Waals surface area contributed by atoms with Crippen LogP contribution in [0.25, 0.3) is 0 Å². The molecule has 0 saturated heterocycles. The van der Waals surface area contributed by atoms with Crippen molar-refractivity contribution in [1.29, 1.82) is 0 Å². The number of nitrogens with one attached hydrogen (secondary N) is 1. The molecular formula is C11H15ClN2OS. The summed E-state index contributed by atoms with van der Waals surface area (Å²) in [6.45, 7) is 2.26. The van der Waals surface area contributed by atoms with E-state index in [-0.39, 0.29) is 11.9 Å². The Hall–Kier alpha value is -0.710. The summed E-state index contributed by atoms with van der Waals surface area (Å²) >= 11 is 7.54. The lowest BCUT2D eigenvalue weighted by Crippen LogP contribution is -2.37. The first-order valence-electron chi connectivity index (χ1n) is 4.93. The van der Waals surface area contributed by atoms with Crippen LogP contribution in [0.2, 0.25) is 5.02 Å². The van der Waals surface area contributed by atoms with Crippen molar-refractivity contribution in [2.45, 2.75) is 17.9 Å². The van der Waals surface area contributed by atoms with E-state index in [4.69, 9.17) is 17.3 Å². The fraction of sp³-hybridized carbons (Fsp3) is 0.364. The normalized spacial score (nSPS) is 12.2. The molecule has 0 unspecified atom stereocenters. The quantitative estimate of drug-likeness (QED) is 0.814. The fourth-order valence-electron chi connectivity index (χ4n) is 1.17. The summed E-state index contributed by atoms with van der Waals surface area (Å²) < 4.78 is 0. The highest BCUT2D eigenvalue weighted by atomic mass is 35.5. The number of hydrogen-bond acceptors (Lipinski definition) is 3. The lowest BCUT2D eigenvalue weighted by atomic mass is 10.2. The molecule has 0 fully saturated rings. The first kappa shape index (κ1) is 13.4. The number of thioether (sulfide) groups is 1. The number of hydrogen-bond donors (Lipinski definition) is 2. The first-order valence-corrected chi connectivity index (χ1v) is 6.53. The summed E-state index contributed by atoms with van der Waals surface area (Å²) in [6, 6.07) is 5.35. The van der Waals surface area contributed by atoms with Gasteiger partial charge in [0.1, 0.15) is 0 Å². The van der Waals surface area contributed by atoms with Crippen LogP contribution in [-0.4, -0.2) is 24.7 Å². The van der Waals surface area contributed by atoms with Gasteiger partial charge in [-0.25, -0.2) is 0 Å². The predicted molar refractivity (Wildman–Crippen MR) is 69.2 cm³/mol. The number of carbonyl (C=O) groups excluding carboxylic acids is 1. The van der Waals surface area contributed by atoms with Crippen LogP contribution in [0.3, 0.4) is 0 Å². The molecule has 16 heavy (non-hydrogen) atoms. The fourth-order valence-corrected chi connectivity index (χ4v) is 1.81. The molecule has 3 nitrogen and oxygen atoms in total. The molecule has 0 bridgehead atoms. The van der Waals surface area contributed by atoms with E-state index in [0.717, 1.165) is 4.90 Å². The predicted octanol–water partition coefficient (Wildman–Crippen LogP) is 2.14. The van der Waals surface area contributed by atoms with Crippen LogP contribution in [-0.2, 0) is 0 Å². The molecule has 88 valence electrons. The summed E-state index contributed by atoms with van der Waals surface area (Å²) in [6.07, 6.45) is 1.95. The highest BCUT2D eigenvalue weighted by Gasteiger charge is 2.12. The van der Waals surface area contributed by atoms with Gasteiger partial charge in [0.25, 0.3) is 5.91 Å². The molecule has 0 heterocycles. The Morgan fingerprint density at radius 1 is 1.62 bits per heavy atom. The molecule has 5 heteroatoms. The van der Waals surface area contributed by atoms with Crippen molar-refractivity contribution in [3.63, 3.8) is 0 Å². The van der Waals surface area contributed by atoms with Crippen LogP contribution in [0.15, 0.2) is 23.1 Å². The van der Waals surface area contributed by atoms with Gasteiger partial charge in [-0.1, -0.05) is 11.6 Å². The zero-order chi connectivity index (χ0) is 12.1. The van der Waals surface area contributed by atoms with Crippen LogP contribution in [0.4, 0.5) is 0 Å². The summed E-state index contributed by atoms with van der Waals surface area (Å²) in [7, 11) is 0. The maximum absolute atomic E-state index is 11.8. The average Bonchev–Trinajstić information content (AvgIpc) is 2.29. The first-order chi connectivity index (χ1) is 7.58. The summed E-state index contributed by atoms with van der Waals surface area (Å²) in [5.41, 5.74) is 5.93. The molecule has 0 saturated carbocycles. The molecule has 1 aromatic carbocycles. The zero-order valence-electron chi connectivity index (χ0n) is 9.29. The Bertz CT molecular complexity index is 384. The van der Waals surface area contributed by atoms with Crippen molar-refractivity contribution in [3.8, 4) is 0 Å². The maximum Gasteiger partial charge on any atom is 0.253 e. The number of rotatable bonds is 4. The van der Waals surface area contributed by atoms with Crippen molar-refractivity contribution in [2.24, 2.45) is 5.73 Å². The molecule has 3 N–H and O–H groups in total. The molecule has 0 aromatic heterocycles. The second-order valence-electron chi connectivity index (χ2n) is 3.46. The van der Waals surface area contributed by atoms with E-state index in [1.807, 2.05) is 19.2 Å². The van der Waals surface area contributed by atoms with Gasteiger partial charge in [-0.15, -0.1) is 11.8 Å². The van der Waals surface area contributed by atoms with E-state index in [9.17, 15) is 4.79 Å². The molecule has 1 amide bonds. The molecule has 0 aliphatic rings. The average molecular weight is 259 g/mol. The molecule has 1 aromatic rings.